The van der Waals surface area contributed by atoms with Gasteiger partial charge in [0.2, 0.25) is 0 Å². The second-order valence-corrected chi connectivity index (χ2v) is 5.15. The van der Waals surface area contributed by atoms with E-state index < -0.39 is 0 Å². The minimum Gasteiger partial charge on any atom is -0.497 e. The van der Waals surface area contributed by atoms with Gasteiger partial charge in [0.1, 0.15) is 18.1 Å². The third-order valence-corrected chi connectivity index (χ3v) is 2.97. The second-order valence-electron chi connectivity index (χ2n) is 5.15. The first-order valence-corrected chi connectivity index (χ1v) is 7.19. The third kappa shape index (κ3) is 6.26. The monoisotopic (exact) mass is 281 g/mol. The van der Waals surface area contributed by atoms with Gasteiger partial charge in [-0.2, -0.15) is 0 Å². The molecular formula is C16H27NO3. The largest absolute Gasteiger partial charge is 0.497 e. The molecule has 0 heterocycles. The molecule has 0 fully saturated rings. The number of ether oxygens (including phenoxy) is 3. The first-order chi connectivity index (χ1) is 9.67. The molecule has 1 aromatic rings. The molecular weight excluding hydrogens is 254 g/mol. The van der Waals surface area contributed by atoms with E-state index in [1.54, 1.807) is 7.11 Å². The summed E-state index contributed by atoms with van der Waals surface area (Å²) in [5.41, 5.74) is 1.12. The van der Waals surface area contributed by atoms with Gasteiger partial charge in [0.15, 0.2) is 0 Å². The van der Waals surface area contributed by atoms with Gasteiger partial charge >= 0.3 is 0 Å². The highest BCUT2D eigenvalue weighted by Crippen LogP contribution is 2.24. The fourth-order valence-electron chi connectivity index (χ4n) is 1.76. The minimum absolute atomic E-state index is 0.558. The van der Waals surface area contributed by atoms with Crippen LogP contribution in [0.3, 0.4) is 0 Å². The van der Waals surface area contributed by atoms with Crippen LogP contribution in [0.5, 0.6) is 11.5 Å². The van der Waals surface area contributed by atoms with Crippen LogP contribution in [0.15, 0.2) is 18.2 Å². The molecule has 0 unspecified atom stereocenters. The topological polar surface area (TPSA) is 39.7 Å². The Balaban J connectivity index is 2.40. The fourth-order valence-corrected chi connectivity index (χ4v) is 1.76. The van der Waals surface area contributed by atoms with Crippen LogP contribution in [0, 0.1) is 5.92 Å². The van der Waals surface area contributed by atoms with Gasteiger partial charge in [-0.05, 0) is 25.5 Å². The number of hydrogen-bond donors (Lipinski definition) is 1. The number of nitrogens with one attached hydrogen (secondary N) is 1. The van der Waals surface area contributed by atoms with Crippen molar-refractivity contribution in [3.63, 3.8) is 0 Å². The van der Waals surface area contributed by atoms with E-state index in [4.69, 9.17) is 14.2 Å². The molecule has 0 bridgehead atoms. The zero-order chi connectivity index (χ0) is 14.8. The van der Waals surface area contributed by atoms with Crippen molar-refractivity contribution in [3.05, 3.63) is 23.8 Å². The van der Waals surface area contributed by atoms with Crippen molar-refractivity contribution in [2.75, 3.05) is 34.0 Å². The highest BCUT2D eigenvalue weighted by atomic mass is 16.5. The molecule has 0 atom stereocenters. The van der Waals surface area contributed by atoms with Crippen LogP contribution in [-0.2, 0) is 11.3 Å². The van der Waals surface area contributed by atoms with Crippen LogP contribution >= 0.6 is 0 Å². The molecule has 0 radical (unpaired) electrons. The van der Waals surface area contributed by atoms with E-state index in [1.807, 2.05) is 25.2 Å². The molecule has 114 valence electrons. The van der Waals surface area contributed by atoms with Crippen molar-refractivity contribution in [3.8, 4) is 11.5 Å². The summed E-state index contributed by atoms with van der Waals surface area (Å²) in [5, 5.41) is 3.13. The van der Waals surface area contributed by atoms with E-state index >= 15 is 0 Å². The molecule has 4 nitrogen and oxygen atoms in total. The molecule has 0 aliphatic heterocycles. The lowest BCUT2D eigenvalue weighted by atomic mass is 10.1. The fraction of sp³-hybridized carbons (Fsp3) is 0.625. The van der Waals surface area contributed by atoms with Gasteiger partial charge in [-0.3, -0.25) is 0 Å². The Morgan fingerprint density at radius 3 is 2.60 bits per heavy atom. The maximum Gasteiger partial charge on any atom is 0.127 e. The number of hydrogen-bond acceptors (Lipinski definition) is 4. The van der Waals surface area contributed by atoms with Crippen molar-refractivity contribution in [1.82, 2.24) is 5.32 Å². The summed E-state index contributed by atoms with van der Waals surface area (Å²) in [5.74, 6) is 2.34. The van der Waals surface area contributed by atoms with Crippen LogP contribution in [0.25, 0.3) is 0 Å². The average molecular weight is 281 g/mol. The molecule has 0 saturated heterocycles. The van der Waals surface area contributed by atoms with Gasteiger partial charge in [-0.1, -0.05) is 19.9 Å². The van der Waals surface area contributed by atoms with Gasteiger partial charge in [-0.15, -0.1) is 0 Å². The van der Waals surface area contributed by atoms with Crippen LogP contribution < -0.4 is 14.8 Å². The Hall–Kier alpha value is -1.26. The summed E-state index contributed by atoms with van der Waals surface area (Å²) in [6.45, 7) is 7.13. The molecule has 0 aliphatic rings. The molecule has 20 heavy (non-hydrogen) atoms. The van der Waals surface area contributed by atoms with E-state index in [2.05, 4.69) is 19.2 Å². The molecule has 0 spiro atoms. The minimum atomic E-state index is 0.558. The van der Waals surface area contributed by atoms with Crippen molar-refractivity contribution in [1.29, 1.82) is 0 Å². The Kier molecular flexibility index (Phi) is 8.07. The first kappa shape index (κ1) is 16.8. The summed E-state index contributed by atoms with van der Waals surface area (Å²) >= 11 is 0. The van der Waals surface area contributed by atoms with Crippen LogP contribution in [0.4, 0.5) is 0 Å². The van der Waals surface area contributed by atoms with Crippen molar-refractivity contribution >= 4 is 0 Å². The van der Waals surface area contributed by atoms with Crippen molar-refractivity contribution < 1.29 is 14.2 Å². The summed E-state index contributed by atoms with van der Waals surface area (Å²) < 4.78 is 16.6. The normalized spacial score (nSPS) is 10.8. The Morgan fingerprint density at radius 2 is 1.95 bits per heavy atom. The number of methoxy groups -OCH3 is 1. The van der Waals surface area contributed by atoms with Gasteiger partial charge in [-0.25, -0.2) is 0 Å². The van der Waals surface area contributed by atoms with Crippen molar-refractivity contribution in [2.45, 2.75) is 26.8 Å². The van der Waals surface area contributed by atoms with Crippen LogP contribution in [-0.4, -0.2) is 34.0 Å². The molecule has 1 rings (SSSR count). The molecule has 1 aromatic carbocycles. The molecule has 0 amide bonds. The third-order valence-electron chi connectivity index (χ3n) is 2.97. The zero-order valence-electron chi connectivity index (χ0n) is 13.1. The maximum atomic E-state index is 5.79. The number of benzene rings is 1. The lowest BCUT2D eigenvalue weighted by Gasteiger charge is -2.13. The lowest BCUT2D eigenvalue weighted by Crippen LogP contribution is -2.11. The molecule has 0 aromatic heterocycles. The van der Waals surface area contributed by atoms with Crippen LogP contribution in [0.1, 0.15) is 25.8 Å². The molecule has 0 saturated carbocycles. The smallest absolute Gasteiger partial charge is 0.127 e. The van der Waals surface area contributed by atoms with Gasteiger partial charge in [0, 0.05) is 24.8 Å². The van der Waals surface area contributed by atoms with Crippen LogP contribution in [0.2, 0.25) is 0 Å². The van der Waals surface area contributed by atoms with E-state index in [1.165, 1.54) is 0 Å². The predicted octanol–water partition coefficient (Wildman–Crippen LogP) is 2.86. The molecule has 1 N–H and O–H groups in total. The van der Waals surface area contributed by atoms with Gasteiger partial charge < -0.3 is 19.5 Å². The summed E-state index contributed by atoms with van der Waals surface area (Å²) in [7, 11) is 3.58. The summed E-state index contributed by atoms with van der Waals surface area (Å²) in [4.78, 5) is 0. The predicted molar refractivity (Wildman–Crippen MR) is 81.5 cm³/mol. The molecule has 0 aliphatic carbocycles. The number of rotatable bonds is 10. The molecule has 4 heteroatoms. The Labute approximate surface area is 122 Å². The standard InChI is InChI=1S/C16H27NO3/c1-13(2)7-8-19-9-10-20-16-11-15(18-4)6-5-14(16)12-17-3/h5-6,11,13,17H,7-10,12H2,1-4H3. The van der Waals surface area contributed by atoms with E-state index in [9.17, 15) is 0 Å². The van der Waals surface area contributed by atoms with Crippen molar-refractivity contribution in [2.24, 2.45) is 5.92 Å². The highest BCUT2D eigenvalue weighted by Gasteiger charge is 2.05. The quantitative estimate of drug-likeness (QED) is 0.669. The summed E-state index contributed by atoms with van der Waals surface area (Å²) in [6, 6.07) is 5.88. The summed E-state index contributed by atoms with van der Waals surface area (Å²) in [6.07, 6.45) is 1.09. The highest BCUT2D eigenvalue weighted by molar-refractivity contribution is 5.40. The second kappa shape index (κ2) is 9.61. The first-order valence-electron chi connectivity index (χ1n) is 7.19. The SMILES string of the molecule is CNCc1ccc(OC)cc1OCCOCCC(C)C. The van der Waals surface area contributed by atoms with E-state index in [-0.39, 0.29) is 0 Å². The Bertz CT molecular complexity index is 380. The van der Waals surface area contributed by atoms with E-state index in [0.29, 0.717) is 19.1 Å². The maximum absolute atomic E-state index is 5.79. The van der Waals surface area contributed by atoms with Gasteiger partial charge in [0.25, 0.3) is 0 Å². The Morgan fingerprint density at radius 1 is 1.15 bits per heavy atom. The zero-order valence-corrected chi connectivity index (χ0v) is 13.1. The average Bonchev–Trinajstić information content (AvgIpc) is 2.44. The lowest BCUT2D eigenvalue weighted by molar-refractivity contribution is 0.0922. The van der Waals surface area contributed by atoms with Gasteiger partial charge in [0.05, 0.1) is 13.7 Å². The van der Waals surface area contributed by atoms with E-state index in [0.717, 1.165) is 36.6 Å².